The Labute approximate surface area is 158 Å². The summed E-state index contributed by atoms with van der Waals surface area (Å²) >= 11 is 12.0. The summed E-state index contributed by atoms with van der Waals surface area (Å²) in [5.74, 6) is 0. The van der Waals surface area contributed by atoms with Crippen LogP contribution in [-0.2, 0) is 0 Å². The van der Waals surface area contributed by atoms with Gasteiger partial charge in [-0.25, -0.2) is 4.79 Å². The maximum atomic E-state index is 12.5. The maximum absolute atomic E-state index is 12.5. The van der Waals surface area contributed by atoms with Crippen molar-refractivity contribution in [2.24, 2.45) is 0 Å². The molecular weight excluding hydrogens is 357 g/mol. The van der Waals surface area contributed by atoms with E-state index in [0.717, 1.165) is 13.1 Å². The van der Waals surface area contributed by atoms with Gasteiger partial charge in [0.15, 0.2) is 0 Å². The zero-order valence-electron chi connectivity index (χ0n) is 14.4. The van der Waals surface area contributed by atoms with Gasteiger partial charge in [0.1, 0.15) is 0 Å². The number of anilines is 2. The molecule has 1 aliphatic heterocycles. The number of benzene rings is 2. The highest BCUT2D eigenvalue weighted by molar-refractivity contribution is 6.35. The number of aryl methyl sites for hydroxylation is 1. The molecule has 1 N–H and O–H groups in total. The third-order valence-electron chi connectivity index (χ3n) is 4.60. The van der Waals surface area contributed by atoms with Crippen LogP contribution in [0.15, 0.2) is 36.4 Å². The summed E-state index contributed by atoms with van der Waals surface area (Å²) in [6, 6.07) is 11.3. The van der Waals surface area contributed by atoms with Crippen LogP contribution < -0.4 is 10.2 Å². The summed E-state index contributed by atoms with van der Waals surface area (Å²) in [6.45, 7) is 7.24. The van der Waals surface area contributed by atoms with Crippen molar-refractivity contribution in [1.82, 2.24) is 4.90 Å². The zero-order chi connectivity index (χ0) is 18.0. The fourth-order valence-electron chi connectivity index (χ4n) is 3.06. The van der Waals surface area contributed by atoms with E-state index >= 15 is 0 Å². The normalized spacial score (nSPS) is 14.6. The minimum atomic E-state index is -0.126. The fraction of sp³-hybridized carbons (Fsp3) is 0.316. The fourth-order valence-corrected chi connectivity index (χ4v) is 3.58. The number of rotatable bonds is 2. The lowest BCUT2D eigenvalue weighted by molar-refractivity contribution is 0.208. The van der Waals surface area contributed by atoms with Gasteiger partial charge in [0.25, 0.3) is 0 Å². The van der Waals surface area contributed by atoms with Crippen molar-refractivity contribution in [3.8, 4) is 0 Å². The quantitative estimate of drug-likeness (QED) is 0.801. The lowest BCUT2D eigenvalue weighted by atomic mass is 10.1. The van der Waals surface area contributed by atoms with Crippen LogP contribution in [0, 0.1) is 13.8 Å². The summed E-state index contributed by atoms with van der Waals surface area (Å²) < 4.78 is 0. The topological polar surface area (TPSA) is 35.6 Å². The number of piperazine rings is 1. The molecule has 4 nitrogen and oxygen atoms in total. The van der Waals surface area contributed by atoms with Gasteiger partial charge in [-0.05, 0) is 49.2 Å². The number of carbonyl (C=O) groups excluding carboxylic acids is 1. The van der Waals surface area contributed by atoms with E-state index in [9.17, 15) is 4.79 Å². The van der Waals surface area contributed by atoms with E-state index in [4.69, 9.17) is 23.2 Å². The Morgan fingerprint density at radius 3 is 2.28 bits per heavy atom. The number of hydrogen-bond donors (Lipinski definition) is 1. The van der Waals surface area contributed by atoms with Gasteiger partial charge >= 0.3 is 6.03 Å². The van der Waals surface area contributed by atoms with Crippen molar-refractivity contribution >= 4 is 40.6 Å². The second-order valence-electron chi connectivity index (χ2n) is 6.28. The SMILES string of the molecule is Cc1cccc(N2CCN(C(=O)Nc3cc(Cl)cc(Cl)c3)CC2)c1C. The Morgan fingerprint density at radius 1 is 1.00 bits per heavy atom. The predicted molar refractivity (Wildman–Crippen MR) is 105 cm³/mol. The number of nitrogens with zero attached hydrogens (tertiary/aromatic N) is 2. The van der Waals surface area contributed by atoms with Crippen molar-refractivity contribution in [2.45, 2.75) is 13.8 Å². The molecule has 1 aliphatic rings. The molecule has 0 unspecified atom stereocenters. The molecule has 2 amide bonds. The molecule has 0 radical (unpaired) electrons. The minimum absolute atomic E-state index is 0.126. The molecule has 1 saturated heterocycles. The molecule has 0 bridgehead atoms. The molecule has 1 heterocycles. The highest BCUT2D eigenvalue weighted by atomic mass is 35.5. The molecule has 25 heavy (non-hydrogen) atoms. The van der Waals surface area contributed by atoms with E-state index in [0.29, 0.717) is 28.8 Å². The van der Waals surface area contributed by atoms with Gasteiger partial charge in [-0.1, -0.05) is 35.3 Å². The van der Waals surface area contributed by atoms with Crippen LogP contribution in [0.5, 0.6) is 0 Å². The predicted octanol–water partition coefficient (Wildman–Crippen LogP) is 4.96. The van der Waals surface area contributed by atoms with Crippen molar-refractivity contribution in [3.05, 3.63) is 57.6 Å². The first-order chi connectivity index (χ1) is 11.9. The molecule has 0 spiro atoms. The minimum Gasteiger partial charge on any atom is -0.368 e. The van der Waals surface area contributed by atoms with Crippen LogP contribution in [0.4, 0.5) is 16.2 Å². The van der Waals surface area contributed by atoms with Crippen molar-refractivity contribution in [3.63, 3.8) is 0 Å². The Hall–Kier alpha value is -1.91. The average Bonchev–Trinajstić information content (AvgIpc) is 2.56. The Balaban J connectivity index is 1.62. The first kappa shape index (κ1) is 17.9. The van der Waals surface area contributed by atoms with Crippen LogP contribution in [0.2, 0.25) is 10.0 Å². The summed E-state index contributed by atoms with van der Waals surface area (Å²) in [5.41, 5.74) is 4.45. The molecular formula is C19H21Cl2N3O. The second kappa shape index (κ2) is 7.54. The zero-order valence-corrected chi connectivity index (χ0v) is 15.9. The van der Waals surface area contributed by atoms with E-state index in [1.165, 1.54) is 16.8 Å². The first-order valence-corrected chi connectivity index (χ1v) is 9.03. The lowest BCUT2D eigenvalue weighted by Crippen LogP contribution is -2.50. The molecule has 0 saturated carbocycles. The van der Waals surface area contributed by atoms with Gasteiger partial charge in [-0.15, -0.1) is 0 Å². The lowest BCUT2D eigenvalue weighted by Gasteiger charge is -2.37. The van der Waals surface area contributed by atoms with Gasteiger partial charge < -0.3 is 15.1 Å². The molecule has 2 aromatic rings. The number of carbonyl (C=O) groups is 1. The van der Waals surface area contributed by atoms with Crippen molar-refractivity contribution in [2.75, 3.05) is 36.4 Å². The summed E-state index contributed by atoms with van der Waals surface area (Å²) in [6.07, 6.45) is 0. The van der Waals surface area contributed by atoms with E-state index in [1.54, 1.807) is 18.2 Å². The van der Waals surface area contributed by atoms with Gasteiger partial charge in [0.05, 0.1) is 0 Å². The summed E-state index contributed by atoms with van der Waals surface area (Å²) in [4.78, 5) is 16.6. The van der Waals surface area contributed by atoms with Gasteiger partial charge in [-0.3, -0.25) is 0 Å². The molecule has 132 valence electrons. The monoisotopic (exact) mass is 377 g/mol. The van der Waals surface area contributed by atoms with Crippen LogP contribution in [0.1, 0.15) is 11.1 Å². The van der Waals surface area contributed by atoms with E-state index < -0.39 is 0 Å². The molecule has 0 aromatic heterocycles. The standard InChI is InChI=1S/C19H21Cl2N3O/c1-13-4-3-5-18(14(13)2)23-6-8-24(9-7-23)19(25)22-17-11-15(20)10-16(21)12-17/h3-5,10-12H,6-9H2,1-2H3,(H,22,25). The third kappa shape index (κ3) is 4.20. The summed E-state index contributed by atoms with van der Waals surface area (Å²) in [5, 5.41) is 3.87. The Kier molecular flexibility index (Phi) is 5.40. The van der Waals surface area contributed by atoms with Crippen LogP contribution in [0.3, 0.4) is 0 Å². The molecule has 0 aliphatic carbocycles. The summed E-state index contributed by atoms with van der Waals surface area (Å²) in [7, 11) is 0. The largest absolute Gasteiger partial charge is 0.368 e. The number of nitrogens with one attached hydrogen (secondary N) is 1. The molecule has 2 aromatic carbocycles. The van der Waals surface area contributed by atoms with Gasteiger partial charge in [-0.2, -0.15) is 0 Å². The van der Waals surface area contributed by atoms with Crippen LogP contribution in [0.25, 0.3) is 0 Å². The third-order valence-corrected chi connectivity index (χ3v) is 5.03. The van der Waals surface area contributed by atoms with Crippen LogP contribution >= 0.6 is 23.2 Å². The van der Waals surface area contributed by atoms with Gasteiger partial charge in [0.2, 0.25) is 0 Å². The molecule has 3 rings (SSSR count). The first-order valence-electron chi connectivity index (χ1n) is 8.27. The number of amides is 2. The van der Waals surface area contributed by atoms with Crippen LogP contribution in [-0.4, -0.2) is 37.1 Å². The highest BCUT2D eigenvalue weighted by Crippen LogP contribution is 2.25. The van der Waals surface area contributed by atoms with E-state index in [-0.39, 0.29) is 6.03 Å². The number of halogens is 2. The Bertz CT molecular complexity index is 766. The smallest absolute Gasteiger partial charge is 0.321 e. The van der Waals surface area contributed by atoms with E-state index in [2.05, 4.69) is 42.3 Å². The number of urea groups is 1. The van der Waals surface area contributed by atoms with Gasteiger partial charge in [0, 0.05) is 47.6 Å². The molecule has 0 atom stereocenters. The van der Waals surface area contributed by atoms with Crippen molar-refractivity contribution < 1.29 is 4.79 Å². The maximum Gasteiger partial charge on any atom is 0.321 e. The number of hydrogen-bond acceptors (Lipinski definition) is 2. The highest BCUT2D eigenvalue weighted by Gasteiger charge is 2.22. The second-order valence-corrected chi connectivity index (χ2v) is 7.15. The molecule has 6 heteroatoms. The average molecular weight is 378 g/mol. The van der Waals surface area contributed by atoms with E-state index in [1.807, 2.05) is 4.90 Å². The van der Waals surface area contributed by atoms with Crippen molar-refractivity contribution in [1.29, 1.82) is 0 Å². The Morgan fingerprint density at radius 2 is 1.64 bits per heavy atom. The molecule has 1 fully saturated rings.